The van der Waals surface area contributed by atoms with Gasteiger partial charge in [-0.05, 0) is 48.9 Å². The molecule has 2 N–H and O–H groups in total. The van der Waals surface area contributed by atoms with Crippen molar-refractivity contribution in [2.45, 2.75) is 6.92 Å². The lowest BCUT2D eigenvalue weighted by Crippen LogP contribution is -2.47. The fraction of sp³-hybridized carbons (Fsp3) is 0.125. The first-order valence-corrected chi connectivity index (χ1v) is 9.34. The van der Waals surface area contributed by atoms with E-state index in [0.29, 0.717) is 15.0 Å². The third-order valence-electron chi connectivity index (χ3n) is 3.07. The van der Waals surface area contributed by atoms with E-state index in [-0.39, 0.29) is 5.69 Å². The van der Waals surface area contributed by atoms with Gasteiger partial charge in [0.05, 0.1) is 11.9 Å². The van der Waals surface area contributed by atoms with Crippen LogP contribution >= 0.6 is 11.6 Å². The smallest absolute Gasteiger partial charge is 0.308 e. The third kappa shape index (κ3) is 5.20. The molecule has 0 atom stereocenters. The van der Waals surface area contributed by atoms with Crippen LogP contribution in [0.2, 0.25) is 5.02 Å². The van der Waals surface area contributed by atoms with Gasteiger partial charge in [-0.1, -0.05) is 23.7 Å². The van der Waals surface area contributed by atoms with E-state index in [0.717, 1.165) is 11.8 Å². The standard InChI is InChI=1S/C16H16ClN3O4S/c1-11-4-3-5-13(10-11)18-15(21)19-16(22)20(25(2,23)24)14-8-6-12(17)7-9-14/h3-10H,1-2H3,(H2,18,19,21,22). The Kier molecular flexibility index (Phi) is 5.66. The van der Waals surface area contributed by atoms with Crippen LogP contribution in [0.1, 0.15) is 5.56 Å². The molecular weight excluding hydrogens is 366 g/mol. The summed E-state index contributed by atoms with van der Waals surface area (Å²) < 4.78 is 24.4. The lowest BCUT2D eigenvalue weighted by molar-refractivity contribution is 0.238. The summed E-state index contributed by atoms with van der Waals surface area (Å²) in [6.45, 7) is 1.85. The number of nitrogens with one attached hydrogen (secondary N) is 2. The van der Waals surface area contributed by atoms with E-state index in [1.807, 2.05) is 18.3 Å². The minimum Gasteiger partial charge on any atom is -0.308 e. The van der Waals surface area contributed by atoms with Crippen LogP contribution in [0.4, 0.5) is 21.0 Å². The van der Waals surface area contributed by atoms with Crippen LogP contribution in [0.15, 0.2) is 48.5 Å². The topological polar surface area (TPSA) is 95.6 Å². The van der Waals surface area contributed by atoms with Crippen molar-refractivity contribution in [2.24, 2.45) is 0 Å². The van der Waals surface area contributed by atoms with Crippen molar-refractivity contribution in [1.29, 1.82) is 0 Å². The van der Waals surface area contributed by atoms with E-state index >= 15 is 0 Å². The molecule has 0 saturated carbocycles. The van der Waals surface area contributed by atoms with Crippen molar-refractivity contribution >= 4 is 45.1 Å². The first-order valence-electron chi connectivity index (χ1n) is 7.11. The number of rotatable bonds is 3. The first-order chi connectivity index (χ1) is 11.7. The number of nitrogens with zero attached hydrogens (tertiary/aromatic N) is 1. The molecule has 2 aromatic rings. The van der Waals surface area contributed by atoms with Gasteiger partial charge in [-0.25, -0.2) is 18.0 Å². The number of anilines is 2. The molecular formula is C16H16ClN3O4S. The molecule has 0 aliphatic carbocycles. The molecule has 0 heterocycles. The number of urea groups is 2. The number of benzene rings is 2. The van der Waals surface area contributed by atoms with Crippen molar-refractivity contribution in [2.75, 3.05) is 15.9 Å². The lowest BCUT2D eigenvalue weighted by Gasteiger charge is -2.20. The Morgan fingerprint density at radius 3 is 2.28 bits per heavy atom. The number of carbonyl (C=O) groups excluding carboxylic acids is 2. The van der Waals surface area contributed by atoms with E-state index in [9.17, 15) is 18.0 Å². The summed E-state index contributed by atoms with van der Waals surface area (Å²) in [6, 6.07) is 10.6. The highest BCUT2D eigenvalue weighted by atomic mass is 35.5. The van der Waals surface area contributed by atoms with Gasteiger partial charge in [0.2, 0.25) is 10.0 Å². The summed E-state index contributed by atoms with van der Waals surface area (Å²) in [5, 5.41) is 4.84. The Morgan fingerprint density at radius 1 is 1.08 bits per heavy atom. The summed E-state index contributed by atoms with van der Waals surface area (Å²) in [7, 11) is -3.96. The van der Waals surface area contributed by atoms with Crippen molar-refractivity contribution in [3.63, 3.8) is 0 Å². The summed E-state index contributed by atoms with van der Waals surface area (Å²) in [6.07, 6.45) is 0.861. The quantitative estimate of drug-likeness (QED) is 0.852. The number of hydrogen-bond donors (Lipinski definition) is 2. The molecule has 0 aliphatic rings. The molecule has 2 aromatic carbocycles. The minimum atomic E-state index is -3.96. The zero-order valence-corrected chi connectivity index (χ0v) is 15.1. The molecule has 0 aliphatic heterocycles. The fourth-order valence-electron chi connectivity index (χ4n) is 2.07. The van der Waals surface area contributed by atoms with Gasteiger partial charge in [0.25, 0.3) is 0 Å². The van der Waals surface area contributed by atoms with Crippen LogP contribution in [0.3, 0.4) is 0 Å². The third-order valence-corrected chi connectivity index (χ3v) is 4.37. The molecule has 0 radical (unpaired) electrons. The number of aryl methyl sites for hydroxylation is 1. The van der Waals surface area contributed by atoms with Crippen LogP contribution < -0.4 is 14.9 Å². The highest BCUT2D eigenvalue weighted by Crippen LogP contribution is 2.20. The Morgan fingerprint density at radius 2 is 1.72 bits per heavy atom. The van der Waals surface area contributed by atoms with Gasteiger partial charge < -0.3 is 5.32 Å². The molecule has 0 spiro atoms. The van der Waals surface area contributed by atoms with Crippen LogP contribution in [-0.2, 0) is 10.0 Å². The predicted octanol–water partition coefficient (Wildman–Crippen LogP) is 3.36. The van der Waals surface area contributed by atoms with Gasteiger partial charge in [0.15, 0.2) is 0 Å². The summed E-state index contributed by atoms with van der Waals surface area (Å²) in [4.78, 5) is 24.3. The normalized spacial score (nSPS) is 10.8. The van der Waals surface area contributed by atoms with Crippen LogP contribution in [-0.4, -0.2) is 26.7 Å². The maximum atomic E-state index is 12.3. The molecule has 4 amide bonds. The van der Waals surface area contributed by atoms with Gasteiger partial charge in [-0.3, -0.25) is 5.32 Å². The van der Waals surface area contributed by atoms with Gasteiger partial charge in [-0.15, -0.1) is 0 Å². The Balaban J connectivity index is 2.17. The maximum Gasteiger partial charge on any atom is 0.343 e. The van der Waals surface area contributed by atoms with Crippen molar-refractivity contribution in [3.8, 4) is 0 Å². The van der Waals surface area contributed by atoms with Crippen molar-refractivity contribution < 1.29 is 18.0 Å². The first kappa shape index (κ1) is 18.8. The zero-order valence-electron chi connectivity index (χ0n) is 13.5. The number of imide groups is 1. The minimum absolute atomic E-state index is 0.0627. The number of halogens is 1. The summed E-state index contributed by atoms with van der Waals surface area (Å²) in [5.74, 6) is 0. The average molecular weight is 382 g/mol. The fourth-order valence-corrected chi connectivity index (χ4v) is 3.05. The number of sulfonamides is 1. The second kappa shape index (κ2) is 7.54. The molecule has 0 bridgehead atoms. The van der Waals surface area contributed by atoms with E-state index in [4.69, 9.17) is 11.6 Å². The van der Waals surface area contributed by atoms with E-state index in [1.165, 1.54) is 24.3 Å². The highest BCUT2D eigenvalue weighted by Gasteiger charge is 2.26. The van der Waals surface area contributed by atoms with Gasteiger partial charge >= 0.3 is 12.1 Å². The molecule has 2 rings (SSSR count). The average Bonchev–Trinajstić information content (AvgIpc) is 2.48. The van der Waals surface area contributed by atoms with Gasteiger partial charge in [0.1, 0.15) is 0 Å². The van der Waals surface area contributed by atoms with E-state index in [1.54, 1.807) is 18.2 Å². The van der Waals surface area contributed by atoms with Gasteiger partial charge in [-0.2, -0.15) is 4.31 Å². The molecule has 0 fully saturated rings. The molecule has 9 heteroatoms. The number of amides is 4. The largest absolute Gasteiger partial charge is 0.343 e. The molecule has 25 heavy (non-hydrogen) atoms. The molecule has 7 nitrogen and oxygen atoms in total. The molecule has 0 saturated heterocycles. The number of hydrogen-bond acceptors (Lipinski definition) is 4. The SMILES string of the molecule is Cc1cccc(NC(=O)NC(=O)N(c2ccc(Cl)cc2)S(C)(=O)=O)c1. The van der Waals surface area contributed by atoms with E-state index < -0.39 is 22.1 Å². The number of carbonyl (C=O) groups is 2. The Hall–Kier alpha value is -2.58. The second-order valence-electron chi connectivity index (χ2n) is 5.26. The van der Waals surface area contributed by atoms with Crippen LogP contribution in [0.25, 0.3) is 0 Å². The zero-order chi connectivity index (χ0) is 18.6. The summed E-state index contributed by atoms with van der Waals surface area (Å²) in [5.41, 5.74) is 1.46. The highest BCUT2D eigenvalue weighted by molar-refractivity contribution is 7.92. The monoisotopic (exact) mass is 381 g/mol. The van der Waals surface area contributed by atoms with Crippen molar-refractivity contribution in [3.05, 3.63) is 59.1 Å². The second-order valence-corrected chi connectivity index (χ2v) is 7.53. The van der Waals surface area contributed by atoms with Crippen LogP contribution in [0.5, 0.6) is 0 Å². The molecule has 0 aromatic heterocycles. The van der Waals surface area contributed by atoms with Crippen molar-refractivity contribution in [1.82, 2.24) is 5.32 Å². The molecule has 132 valence electrons. The Bertz CT molecular complexity index is 898. The van der Waals surface area contributed by atoms with E-state index in [2.05, 4.69) is 5.32 Å². The maximum absolute atomic E-state index is 12.3. The lowest BCUT2D eigenvalue weighted by atomic mass is 10.2. The van der Waals surface area contributed by atoms with Gasteiger partial charge in [0, 0.05) is 10.7 Å². The Labute approximate surface area is 150 Å². The summed E-state index contributed by atoms with van der Waals surface area (Å²) >= 11 is 5.76. The van der Waals surface area contributed by atoms with Crippen LogP contribution in [0, 0.1) is 6.92 Å². The predicted molar refractivity (Wildman–Crippen MR) is 97.5 cm³/mol. The molecule has 0 unspecified atom stereocenters.